The number of hydrogen-bond acceptors (Lipinski definition) is 2. The van der Waals surface area contributed by atoms with Crippen molar-refractivity contribution in [2.45, 2.75) is 0 Å². The number of carbonyl (C=O) groups is 2. The van der Waals surface area contributed by atoms with Crippen LogP contribution in [0.2, 0.25) is 0 Å². The van der Waals surface area contributed by atoms with E-state index in [-0.39, 0.29) is 0 Å². The van der Waals surface area contributed by atoms with Gasteiger partial charge in [-0.1, -0.05) is 18.6 Å². The smallest absolute Gasteiger partial charge is 0.283 e. The Labute approximate surface area is 75.0 Å². The van der Waals surface area contributed by atoms with E-state index < -0.39 is 11.7 Å². The van der Waals surface area contributed by atoms with Gasteiger partial charge in [0, 0.05) is 6.04 Å². The SMILES string of the molecule is C#CN1C(=O)C(=O)c2ccccc21. The first-order chi connectivity index (χ1) is 6.25. The summed E-state index contributed by atoms with van der Waals surface area (Å²) in [6.07, 6.45) is 5.10. The number of anilines is 1. The summed E-state index contributed by atoms with van der Waals surface area (Å²) in [6.45, 7) is 0. The molecule has 0 saturated heterocycles. The maximum atomic E-state index is 11.3. The van der Waals surface area contributed by atoms with Gasteiger partial charge < -0.3 is 0 Å². The highest BCUT2D eigenvalue weighted by Gasteiger charge is 2.34. The Kier molecular flexibility index (Phi) is 1.43. The molecule has 0 aliphatic carbocycles. The fourth-order valence-corrected chi connectivity index (χ4v) is 1.31. The van der Waals surface area contributed by atoms with Gasteiger partial charge in [-0.3, -0.25) is 9.59 Å². The Morgan fingerprint density at radius 2 is 1.92 bits per heavy atom. The van der Waals surface area contributed by atoms with Crippen LogP contribution < -0.4 is 4.90 Å². The molecular formula is C10H5NO2. The molecule has 1 aromatic rings. The van der Waals surface area contributed by atoms with E-state index >= 15 is 0 Å². The molecule has 0 bridgehead atoms. The molecule has 0 N–H and O–H groups in total. The second-order valence-electron chi connectivity index (χ2n) is 2.62. The molecular weight excluding hydrogens is 166 g/mol. The molecule has 0 spiro atoms. The number of terminal acetylenes is 1. The standard InChI is InChI=1S/C10H5NO2/c1-2-11-8-6-4-3-5-7(8)9(12)10(11)13/h1,3-6H. The van der Waals surface area contributed by atoms with E-state index in [0.717, 1.165) is 4.90 Å². The first-order valence-corrected chi connectivity index (χ1v) is 3.70. The number of fused-ring (bicyclic) bond motifs is 1. The monoisotopic (exact) mass is 171 g/mol. The molecule has 62 valence electrons. The number of Topliss-reactive ketones (excluding diaryl/α,β-unsaturated/α-hetero) is 1. The molecule has 0 fully saturated rings. The zero-order chi connectivity index (χ0) is 9.42. The third-order valence-electron chi connectivity index (χ3n) is 1.92. The zero-order valence-electron chi connectivity index (χ0n) is 6.65. The number of benzene rings is 1. The van der Waals surface area contributed by atoms with Crippen LogP contribution in [0.25, 0.3) is 0 Å². The van der Waals surface area contributed by atoms with Crippen LogP contribution in [0.1, 0.15) is 10.4 Å². The molecule has 0 atom stereocenters. The van der Waals surface area contributed by atoms with Gasteiger partial charge in [0.05, 0.1) is 11.3 Å². The third kappa shape index (κ3) is 0.859. The molecule has 1 aliphatic rings. The minimum Gasteiger partial charge on any atom is -0.283 e. The summed E-state index contributed by atoms with van der Waals surface area (Å²) in [5.74, 6) is -1.18. The molecule has 0 unspecified atom stereocenters. The van der Waals surface area contributed by atoms with E-state index in [0.29, 0.717) is 11.3 Å². The number of carbonyl (C=O) groups excluding carboxylic acids is 2. The predicted octanol–water partition coefficient (Wildman–Crippen LogP) is 0.807. The first kappa shape index (κ1) is 7.56. The molecule has 0 saturated carbocycles. The summed E-state index contributed by atoms with van der Waals surface area (Å²) in [7, 11) is 0. The van der Waals surface area contributed by atoms with Gasteiger partial charge in [-0.05, 0) is 12.1 Å². The number of amides is 1. The van der Waals surface area contributed by atoms with Crippen molar-refractivity contribution in [1.82, 2.24) is 0 Å². The molecule has 13 heavy (non-hydrogen) atoms. The van der Waals surface area contributed by atoms with E-state index in [2.05, 4.69) is 6.04 Å². The van der Waals surface area contributed by atoms with Gasteiger partial charge in [0.1, 0.15) is 0 Å². The fourth-order valence-electron chi connectivity index (χ4n) is 1.31. The van der Waals surface area contributed by atoms with E-state index in [1.54, 1.807) is 24.3 Å². The molecule has 1 aliphatic heterocycles. The number of rotatable bonds is 0. The van der Waals surface area contributed by atoms with Crippen molar-refractivity contribution in [3.63, 3.8) is 0 Å². The van der Waals surface area contributed by atoms with Crippen LogP contribution >= 0.6 is 0 Å². The first-order valence-electron chi connectivity index (χ1n) is 3.70. The Morgan fingerprint density at radius 1 is 1.23 bits per heavy atom. The highest BCUT2D eigenvalue weighted by atomic mass is 16.2. The second-order valence-corrected chi connectivity index (χ2v) is 2.62. The molecule has 3 heteroatoms. The van der Waals surface area contributed by atoms with Crippen molar-refractivity contribution in [3.8, 4) is 12.5 Å². The lowest BCUT2D eigenvalue weighted by molar-refractivity contribution is -0.113. The Bertz CT molecular complexity index is 442. The van der Waals surface area contributed by atoms with Crippen LogP contribution in [-0.4, -0.2) is 11.7 Å². The van der Waals surface area contributed by atoms with Crippen molar-refractivity contribution < 1.29 is 9.59 Å². The molecule has 3 nitrogen and oxygen atoms in total. The van der Waals surface area contributed by atoms with Crippen LogP contribution in [0.3, 0.4) is 0 Å². The Balaban J connectivity index is 2.68. The average Bonchev–Trinajstić information content (AvgIpc) is 2.41. The van der Waals surface area contributed by atoms with Crippen LogP contribution in [0, 0.1) is 12.5 Å². The number of nitrogens with zero attached hydrogens (tertiary/aromatic N) is 1. The van der Waals surface area contributed by atoms with E-state index in [1.165, 1.54) is 0 Å². The lowest BCUT2D eigenvalue weighted by Gasteiger charge is -2.04. The average molecular weight is 171 g/mol. The van der Waals surface area contributed by atoms with E-state index in [9.17, 15) is 9.59 Å². The van der Waals surface area contributed by atoms with Gasteiger partial charge in [-0.15, -0.1) is 0 Å². The molecule has 0 aromatic heterocycles. The Hall–Kier alpha value is -2.08. The fraction of sp³-hybridized carbons (Fsp3) is 0. The largest absolute Gasteiger partial charge is 0.311 e. The van der Waals surface area contributed by atoms with E-state index in [4.69, 9.17) is 6.42 Å². The summed E-state index contributed by atoms with van der Waals surface area (Å²) in [5.41, 5.74) is 0.880. The van der Waals surface area contributed by atoms with Crippen molar-refractivity contribution in [2.24, 2.45) is 0 Å². The van der Waals surface area contributed by atoms with Crippen LogP contribution in [0.5, 0.6) is 0 Å². The van der Waals surface area contributed by atoms with Gasteiger partial charge in [0.2, 0.25) is 0 Å². The lowest BCUT2D eigenvalue weighted by atomic mass is 10.1. The highest BCUT2D eigenvalue weighted by Crippen LogP contribution is 2.27. The molecule has 1 heterocycles. The highest BCUT2D eigenvalue weighted by molar-refractivity contribution is 6.53. The second kappa shape index (κ2) is 2.46. The summed E-state index contributed by atoms with van der Waals surface area (Å²) < 4.78 is 0. The normalized spacial score (nSPS) is 14.2. The molecule has 2 rings (SSSR count). The Morgan fingerprint density at radius 3 is 2.62 bits per heavy atom. The number of hydrogen-bond donors (Lipinski definition) is 0. The van der Waals surface area contributed by atoms with Crippen molar-refractivity contribution >= 4 is 17.4 Å². The van der Waals surface area contributed by atoms with Gasteiger partial charge in [0.25, 0.3) is 5.78 Å². The quantitative estimate of drug-likeness (QED) is 0.428. The molecule has 0 radical (unpaired) electrons. The molecule has 1 amide bonds. The maximum Gasteiger partial charge on any atom is 0.311 e. The van der Waals surface area contributed by atoms with Crippen LogP contribution in [0.15, 0.2) is 24.3 Å². The maximum absolute atomic E-state index is 11.3. The van der Waals surface area contributed by atoms with Gasteiger partial charge >= 0.3 is 5.91 Å². The summed E-state index contributed by atoms with van der Waals surface area (Å²) in [5, 5.41) is 0. The van der Waals surface area contributed by atoms with Crippen LogP contribution in [0.4, 0.5) is 5.69 Å². The number of ketones is 1. The van der Waals surface area contributed by atoms with E-state index in [1.807, 2.05) is 0 Å². The third-order valence-corrected chi connectivity index (χ3v) is 1.92. The van der Waals surface area contributed by atoms with Crippen molar-refractivity contribution in [3.05, 3.63) is 29.8 Å². The van der Waals surface area contributed by atoms with Crippen molar-refractivity contribution in [2.75, 3.05) is 4.90 Å². The van der Waals surface area contributed by atoms with Crippen molar-refractivity contribution in [1.29, 1.82) is 0 Å². The summed E-state index contributed by atoms with van der Waals surface area (Å²) >= 11 is 0. The minimum atomic E-state index is -0.649. The lowest BCUT2D eigenvalue weighted by Crippen LogP contribution is -2.24. The minimum absolute atomic E-state index is 0.380. The molecule has 1 aromatic carbocycles. The summed E-state index contributed by atoms with van der Waals surface area (Å²) in [6, 6.07) is 8.83. The van der Waals surface area contributed by atoms with Gasteiger partial charge in [0.15, 0.2) is 0 Å². The topological polar surface area (TPSA) is 37.4 Å². The van der Waals surface area contributed by atoms with Crippen LogP contribution in [-0.2, 0) is 4.79 Å². The predicted molar refractivity (Wildman–Crippen MR) is 47.1 cm³/mol. The summed E-state index contributed by atoms with van der Waals surface area (Å²) in [4.78, 5) is 23.5. The van der Waals surface area contributed by atoms with Gasteiger partial charge in [-0.2, -0.15) is 0 Å². The van der Waals surface area contributed by atoms with Gasteiger partial charge in [-0.25, -0.2) is 4.90 Å². The zero-order valence-corrected chi connectivity index (χ0v) is 6.65. The number of para-hydroxylation sites is 1.